The smallest absolute Gasteiger partial charge is 0.105 e. The van der Waals surface area contributed by atoms with Crippen molar-refractivity contribution in [1.29, 1.82) is 0 Å². The largest absolute Gasteiger partial charge is 0.125 e. The standard InChI is InChI=1S/3C2H4Cl2/c1-2(3)4;2*3-1-2-4/h2H,1H3;2*1-2H2/i;1D2,2D2;. The molecule has 0 radical (unpaired) electrons. The van der Waals surface area contributed by atoms with Gasteiger partial charge in [-0.25, -0.2) is 0 Å². The molecular weight excluding hydrogens is 285 g/mol. The van der Waals surface area contributed by atoms with Crippen LogP contribution in [0.5, 0.6) is 0 Å². The maximum atomic E-state index is 6.51. The molecular formula is C6H12Cl6. The first kappa shape index (κ1) is 10.3. The molecule has 0 saturated carbocycles. The summed E-state index contributed by atoms with van der Waals surface area (Å²) in [7, 11) is 0. The van der Waals surface area contributed by atoms with E-state index < -0.39 is 11.7 Å². The van der Waals surface area contributed by atoms with Gasteiger partial charge in [-0.05, 0) is 6.92 Å². The minimum absolute atomic E-state index is 0.222. The van der Waals surface area contributed by atoms with Crippen LogP contribution in [-0.4, -0.2) is 28.3 Å². The number of hydrogen-bond acceptors (Lipinski definition) is 0. The van der Waals surface area contributed by atoms with E-state index >= 15 is 0 Å². The van der Waals surface area contributed by atoms with Crippen molar-refractivity contribution in [3.8, 4) is 0 Å². The zero-order chi connectivity index (χ0) is 14.0. The Balaban J connectivity index is -0.000000179. The Morgan fingerprint density at radius 3 is 1.17 bits per heavy atom. The highest BCUT2D eigenvalue weighted by molar-refractivity contribution is 6.43. The molecule has 0 amide bonds. The van der Waals surface area contributed by atoms with Crippen molar-refractivity contribution in [3.05, 3.63) is 0 Å². The Labute approximate surface area is 110 Å². The third-order valence-electron chi connectivity index (χ3n) is 0.107. The number of hydrogen-bond donors (Lipinski definition) is 0. The fourth-order valence-corrected chi connectivity index (χ4v) is 0. The first-order valence-electron chi connectivity index (χ1n) is 4.68. The molecule has 0 atom stereocenters. The summed E-state index contributed by atoms with van der Waals surface area (Å²) < 4.78 is 26.0. The van der Waals surface area contributed by atoms with Crippen LogP contribution >= 0.6 is 69.6 Å². The fraction of sp³-hybridized carbons (Fsp3) is 1.00. The molecule has 0 aromatic carbocycles. The maximum Gasteiger partial charge on any atom is 0.105 e. The van der Waals surface area contributed by atoms with Crippen molar-refractivity contribution in [2.24, 2.45) is 0 Å². The summed E-state index contributed by atoms with van der Waals surface area (Å²) in [5.74, 6) is -3.87. The van der Waals surface area contributed by atoms with E-state index in [2.05, 4.69) is 0 Å². The lowest BCUT2D eigenvalue weighted by atomic mass is 11.0. The van der Waals surface area contributed by atoms with Crippen LogP contribution in [0.3, 0.4) is 0 Å². The monoisotopic (exact) mass is 298 g/mol. The quantitative estimate of drug-likeness (QED) is 0.646. The molecule has 0 aliphatic carbocycles. The topological polar surface area (TPSA) is 0 Å². The van der Waals surface area contributed by atoms with Crippen LogP contribution in [0.2, 0.25) is 0 Å². The molecule has 0 saturated heterocycles. The van der Waals surface area contributed by atoms with Gasteiger partial charge < -0.3 is 0 Å². The van der Waals surface area contributed by atoms with Gasteiger partial charge in [0.05, 0.1) is 0 Å². The van der Waals surface area contributed by atoms with Crippen LogP contribution in [0.25, 0.3) is 0 Å². The summed E-state index contributed by atoms with van der Waals surface area (Å²) in [5.41, 5.74) is 0. The van der Waals surface area contributed by atoms with Gasteiger partial charge in [0.1, 0.15) is 4.84 Å². The van der Waals surface area contributed by atoms with Crippen molar-refractivity contribution in [2.45, 2.75) is 11.8 Å². The van der Waals surface area contributed by atoms with Crippen molar-refractivity contribution < 1.29 is 5.48 Å². The Morgan fingerprint density at radius 1 is 1.00 bits per heavy atom. The first-order valence-corrected chi connectivity index (χ1v) is 5.37. The third kappa shape index (κ3) is 96.8. The maximum absolute atomic E-state index is 6.51. The van der Waals surface area contributed by atoms with Crippen molar-refractivity contribution >= 4 is 69.6 Å². The minimum Gasteiger partial charge on any atom is -0.125 e. The second kappa shape index (κ2) is 23.0. The van der Waals surface area contributed by atoms with E-state index in [1.165, 1.54) is 0 Å². The third-order valence-corrected chi connectivity index (χ3v) is 0.964. The van der Waals surface area contributed by atoms with Crippen LogP contribution in [-0.2, 0) is 0 Å². The molecule has 0 bridgehead atoms. The molecule has 0 nitrogen and oxygen atoms in total. The summed E-state index contributed by atoms with van der Waals surface area (Å²) in [6.07, 6.45) is 0. The number of halogens is 6. The molecule has 0 aliphatic heterocycles. The Kier molecular flexibility index (Phi) is 19.7. The second-order valence-electron chi connectivity index (χ2n) is 1.09. The normalized spacial score (nSPS) is 15.3. The van der Waals surface area contributed by atoms with E-state index in [4.69, 9.17) is 75.1 Å². The molecule has 0 N–H and O–H groups in total. The molecule has 0 spiro atoms. The van der Waals surface area contributed by atoms with Gasteiger partial charge in [-0.1, -0.05) is 0 Å². The molecule has 0 unspecified atom stereocenters. The predicted octanol–water partition coefficient (Wildman–Crippen LogP) is 4.74. The first-order chi connectivity index (χ1) is 6.90. The zero-order valence-electron chi connectivity index (χ0n) is 10.3. The predicted molar refractivity (Wildman–Crippen MR) is 64.0 cm³/mol. The number of alkyl halides is 6. The summed E-state index contributed by atoms with van der Waals surface area (Å²) in [4.78, 5) is -0.222. The SMILES string of the molecule is CC(Cl)Cl.ClCCCl.[2H]C([2H])(Cl)C([2H])([2H])Cl. The summed E-state index contributed by atoms with van der Waals surface area (Å²) in [6, 6.07) is 0. The molecule has 78 valence electrons. The van der Waals surface area contributed by atoms with Crippen molar-refractivity contribution in [3.63, 3.8) is 0 Å². The number of rotatable bonds is 2. The van der Waals surface area contributed by atoms with Gasteiger partial charge in [-0.2, -0.15) is 0 Å². The lowest BCUT2D eigenvalue weighted by Crippen LogP contribution is -1.63. The van der Waals surface area contributed by atoms with E-state index in [0.717, 1.165) is 0 Å². The van der Waals surface area contributed by atoms with Crippen molar-refractivity contribution in [2.75, 3.05) is 23.4 Å². The van der Waals surface area contributed by atoms with Crippen LogP contribution < -0.4 is 0 Å². The van der Waals surface area contributed by atoms with Crippen LogP contribution in [0, 0.1) is 0 Å². The summed E-state index contributed by atoms with van der Waals surface area (Å²) in [5, 5.41) is 0. The van der Waals surface area contributed by atoms with Gasteiger partial charge in [0.15, 0.2) is 0 Å². The average molecular weight is 301 g/mol. The molecule has 0 aliphatic rings. The highest BCUT2D eigenvalue weighted by atomic mass is 35.5. The molecule has 0 aromatic heterocycles. The van der Waals surface area contributed by atoms with E-state index in [-0.39, 0.29) is 4.84 Å². The highest BCUT2D eigenvalue weighted by Gasteiger charge is 1.75. The van der Waals surface area contributed by atoms with Gasteiger partial charge in [0.2, 0.25) is 0 Å². The highest BCUT2D eigenvalue weighted by Crippen LogP contribution is 1.95. The van der Waals surface area contributed by atoms with Crippen molar-refractivity contribution in [1.82, 2.24) is 0 Å². The fourth-order valence-electron chi connectivity index (χ4n) is 0. The molecule has 0 fully saturated rings. The van der Waals surface area contributed by atoms with E-state index in [1.807, 2.05) is 0 Å². The van der Waals surface area contributed by atoms with Crippen LogP contribution in [0.4, 0.5) is 0 Å². The minimum atomic E-state index is -2.49. The lowest BCUT2D eigenvalue weighted by Gasteiger charge is -1.72. The molecule has 12 heavy (non-hydrogen) atoms. The van der Waals surface area contributed by atoms with Gasteiger partial charge in [0, 0.05) is 28.9 Å². The second-order valence-corrected chi connectivity index (χ2v) is 3.75. The Bertz CT molecular complexity index is 126. The van der Waals surface area contributed by atoms with Gasteiger partial charge in [0.25, 0.3) is 0 Å². The van der Waals surface area contributed by atoms with Crippen LogP contribution in [0.1, 0.15) is 12.4 Å². The van der Waals surface area contributed by atoms with E-state index in [9.17, 15) is 0 Å². The summed E-state index contributed by atoms with van der Waals surface area (Å²) in [6.45, 7) is 1.70. The Morgan fingerprint density at radius 2 is 1.17 bits per heavy atom. The molecule has 6 heteroatoms. The summed E-state index contributed by atoms with van der Waals surface area (Å²) >= 11 is 29.9. The van der Waals surface area contributed by atoms with Crippen LogP contribution in [0.15, 0.2) is 0 Å². The van der Waals surface area contributed by atoms with E-state index in [1.54, 1.807) is 6.92 Å². The molecule has 0 aromatic rings. The molecule has 0 heterocycles. The van der Waals surface area contributed by atoms with Gasteiger partial charge in [-0.3, -0.25) is 0 Å². The molecule has 0 rings (SSSR count). The Hall–Kier alpha value is 1.74. The zero-order valence-corrected chi connectivity index (χ0v) is 10.8. The lowest BCUT2D eigenvalue weighted by molar-refractivity contribution is 1.39. The van der Waals surface area contributed by atoms with Gasteiger partial charge >= 0.3 is 0 Å². The average Bonchev–Trinajstić information content (AvgIpc) is 2.00. The van der Waals surface area contributed by atoms with E-state index in [0.29, 0.717) is 11.8 Å². The van der Waals surface area contributed by atoms with Gasteiger partial charge in [-0.15, -0.1) is 69.6 Å².